The van der Waals surface area contributed by atoms with Gasteiger partial charge in [0, 0.05) is 36.2 Å². The summed E-state index contributed by atoms with van der Waals surface area (Å²) in [5.41, 5.74) is 4.98. The zero-order valence-electron chi connectivity index (χ0n) is 19.7. The van der Waals surface area contributed by atoms with Crippen molar-refractivity contribution in [2.45, 2.75) is 6.54 Å². The quantitative estimate of drug-likeness (QED) is 0.426. The molecule has 1 aliphatic heterocycles. The second-order valence-electron chi connectivity index (χ2n) is 8.40. The molecule has 0 spiro atoms. The minimum atomic E-state index is -0.200. The average molecular weight is 469 g/mol. The molecule has 35 heavy (non-hydrogen) atoms. The van der Waals surface area contributed by atoms with Gasteiger partial charge in [0.05, 0.1) is 32.4 Å². The van der Waals surface area contributed by atoms with E-state index in [1.54, 1.807) is 7.11 Å². The number of rotatable bonds is 7. The van der Waals surface area contributed by atoms with Gasteiger partial charge in [-0.1, -0.05) is 30.3 Å². The number of anilines is 2. The number of aromatic nitrogens is 2. The lowest BCUT2D eigenvalue weighted by atomic mass is 10.1. The second-order valence-corrected chi connectivity index (χ2v) is 8.40. The van der Waals surface area contributed by atoms with E-state index in [9.17, 15) is 4.79 Å². The molecule has 178 valence electrons. The molecule has 1 aliphatic rings. The molecule has 0 aliphatic carbocycles. The van der Waals surface area contributed by atoms with Crippen LogP contribution in [-0.2, 0) is 11.3 Å². The van der Waals surface area contributed by atoms with Gasteiger partial charge in [-0.25, -0.2) is 0 Å². The van der Waals surface area contributed by atoms with E-state index in [-0.39, 0.29) is 5.91 Å². The van der Waals surface area contributed by atoms with Crippen molar-refractivity contribution in [1.82, 2.24) is 9.78 Å². The molecule has 7 heteroatoms. The molecule has 1 saturated heterocycles. The molecule has 1 amide bonds. The van der Waals surface area contributed by atoms with Gasteiger partial charge in [0.15, 0.2) is 0 Å². The fourth-order valence-corrected chi connectivity index (χ4v) is 4.18. The van der Waals surface area contributed by atoms with Crippen molar-refractivity contribution in [2.24, 2.45) is 0 Å². The second kappa shape index (κ2) is 10.4. The van der Waals surface area contributed by atoms with E-state index >= 15 is 0 Å². The first-order chi connectivity index (χ1) is 17.2. The summed E-state index contributed by atoms with van der Waals surface area (Å²) in [5, 5.41) is 7.80. The van der Waals surface area contributed by atoms with E-state index in [0.717, 1.165) is 54.6 Å². The van der Waals surface area contributed by atoms with Gasteiger partial charge in [-0.15, -0.1) is 0 Å². The monoisotopic (exact) mass is 468 g/mol. The summed E-state index contributed by atoms with van der Waals surface area (Å²) in [6, 6.07) is 25.6. The van der Waals surface area contributed by atoms with Crippen molar-refractivity contribution in [2.75, 3.05) is 43.6 Å². The summed E-state index contributed by atoms with van der Waals surface area (Å²) in [7, 11) is 1.63. The van der Waals surface area contributed by atoms with Crippen molar-refractivity contribution in [3.63, 3.8) is 0 Å². The lowest BCUT2D eigenvalue weighted by Gasteiger charge is -2.28. The molecule has 1 fully saturated rings. The van der Waals surface area contributed by atoms with Gasteiger partial charge in [0.1, 0.15) is 11.4 Å². The molecule has 1 N–H and O–H groups in total. The van der Waals surface area contributed by atoms with Crippen LogP contribution in [0.4, 0.5) is 11.4 Å². The average Bonchev–Trinajstić information content (AvgIpc) is 3.34. The summed E-state index contributed by atoms with van der Waals surface area (Å²) in [5.74, 6) is 0.554. The summed E-state index contributed by atoms with van der Waals surface area (Å²) in [6.45, 7) is 3.79. The van der Waals surface area contributed by atoms with Gasteiger partial charge < -0.3 is 19.7 Å². The number of hydrogen-bond donors (Lipinski definition) is 1. The van der Waals surface area contributed by atoms with Crippen molar-refractivity contribution in [1.29, 1.82) is 0 Å². The van der Waals surface area contributed by atoms with Crippen LogP contribution in [0.1, 0.15) is 15.9 Å². The predicted molar refractivity (Wildman–Crippen MR) is 137 cm³/mol. The van der Waals surface area contributed by atoms with Gasteiger partial charge in [-0.05, 0) is 54.1 Å². The molecular formula is C28H28N4O3. The van der Waals surface area contributed by atoms with Crippen LogP contribution >= 0.6 is 0 Å². The normalized spacial score (nSPS) is 13.5. The molecule has 3 aromatic carbocycles. The molecule has 0 radical (unpaired) electrons. The topological polar surface area (TPSA) is 68.6 Å². The molecular weight excluding hydrogens is 440 g/mol. The highest BCUT2D eigenvalue weighted by atomic mass is 16.5. The molecule has 0 atom stereocenters. The van der Waals surface area contributed by atoms with Crippen molar-refractivity contribution in [3.05, 3.63) is 96.2 Å². The Bertz CT molecular complexity index is 1260. The van der Waals surface area contributed by atoms with E-state index in [4.69, 9.17) is 14.6 Å². The SMILES string of the molecule is COc1ccc(-c2nn(Cc3ccccc3)cc2C(=O)Nc2ccc(N3CCOCC3)cc2)cc1. The first kappa shape index (κ1) is 22.7. The highest BCUT2D eigenvalue weighted by Crippen LogP contribution is 2.26. The van der Waals surface area contributed by atoms with Gasteiger partial charge in [0.25, 0.3) is 5.91 Å². The molecule has 0 bridgehead atoms. The van der Waals surface area contributed by atoms with Crippen LogP contribution in [0.2, 0.25) is 0 Å². The van der Waals surface area contributed by atoms with Gasteiger partial charge in [-0.2, -0.15) is 5.10 Å². The standard InChI is InChI=1S/C28H28N4O3/c1-34-25-13-7-22(8-14-25)27-26(20-32(30-27)19-21-5-3-2-4-6-21)28(33)29-23-9-11-24(12-10-23)31-15-17-35-18-16-31/h2-14,20H,15-19H2,1H3,(H,29,33). The third-order valence-corrected chi connectivity index (χ3v) is 6.06. The highest BCUT2D eigenvalue weighted by Gasteiger charge is 2.19. The van der Waals surface area contributed by atoms with Gasteiger partial charge in [0.2, 0.25) is 0 Å². The number of carbonyl (C=O) groups is 1. The smallest absolute Gasteiger partial charge is 0.259 e. The van der Waals surface area contributed by atoms with E-state index in [2.05, 4.69) is 10.2 Å². The first-order valence-electron chi connectivity index (χ1n) is 11.7. The lowest BCUT2D eigenvalue weighted by Crippen LogP contribution is -2.36. The first-order valence-corrected chi connectivity index (χ1v) is 11.7. The molecule has 1 aromatic heterocycles. The summed E-state index contributed by atoms with van der Waals surface area (Å²) < 4.78 is 12.5. The minimum absolute atomic E-state index is 0.200. The van der Waals surface area contributed by atoms with Crippen molar-refractivity contribution in [3.8, 4) is 17.0 Å². The number of amides is 1. The lowest BCUT2D eigenvalue weighted by molar-refractivity contribution is 0.102. The Morgan fingerprint density at radius 1 is 0.971 bits per heavy atom. The Morgan fingerprint density at radius 2 is 1.69 bits per heavy atom. The van der Waals surface area contributed by atoms with Crippen LogP contribution in [0.3, 0.4) is 0 Å². The Balaban J connectivity index is 1.39. The van der Waals surface area contributed by atoms with E-state index in [1.807, 2.05) is 89.7 Å². The fourth-order valence-electron chi connectivity index (χ4n) is 4.18. The van der Waals surface area contributed by atoms with Crippen LogP contribution in [0.15, 0.2) is 85.1 Å². The van der Waals surface area contributed by atoms with E-state index < -0.39 is 0 Å². The number of nitrogens with one attached hydrogen (secondary N) is 1. The number of carbonyl (C=O) groups excluding carboxylic acids is 1. The van der Waals surface area contributed by atoms with E-state index in [0.29, 0.717) is 17.8 Å². The number of hydrogen-bond acceptors (Lipinski definition) is 5. The molecule has 0 unspecified atom stereocenters. The molecule has 7 nitrogen and oxygen atoms in total. The number of benzene rings is 3. The Labute approximate surface area is 204 Å². The molecule has 2 heterocycles. The maximum Gasteiger partial charge on any atom is 0.259 e. The third kappa shape index (κ3) is 5.36. The summed E-state index contributed by atoms with van der Waals surface area (Å²) >= 11 is 0. The number of nitrogens with zero attached hydrogens (tertiary/aromatic N) is 3. The van der Waals surface area contributed by atoms with Gasteiger partial charge >= 0.3 is 0 Å². The molecule has 5 rings (SSSR count). The summed E-state index contributed by atoms with van der Waals surface area (Å²) in [4.78, 5) is 15.6. The zero-order valence-corrected chi connectivity index (χ0v) is 19.7. The Morgan fingerprint density at radius 3 is 2.37 bits per heavy atom. The third-order valence-electron chi connectivity index (χ3n) is 6.06. The largest absolute Gasteiger partial charge is 0.497 e. The van der Waals surface area contributed by atoms with E-state index in [1.165, 1.54) is 0 Å². The van der Waals surface area contributed by atoms with Crippen LogP contribution in [0, 0.1) is 0 Å². The molecule has 4 aromatic rings. The fraction of sp³-hybridized carbons (Fsp3) is 0.214. The minimum Gasteiger partial charge on any atom is -0.497 e. The zero-order chi connectivity index (χ0) is 24.0. The Kier molecular flexibility index (Phi) is 6.77. The number of ether oxygens (including phenoxy) is 2. The predicted octanol–water partition coefficient (Wildman–Crippen LogP) is 4.70. The van der Waals surface area contributed by atoms with Gasteiger partial charge in [-0.3, -0.25) is 9.48 Å². The number of methoxy groups -OCH3 is 1. The van der Waals surface area contributed by atoms with Crippen LogP contribution in [-0.4, -0.2) is 49.1 Å². The molecule has 0 saturated carbocycles. The number of morpholine rings is 1. The maximum absolute atomic E-state index is 13.4. The van der Waals surface area contributed by atoms with Crippen molar-refractivity contribution >= 4 is 17.3 Å². The summed E-state index contributed by atoms with van der Waals surface area (Å²) in [6.07, 6.45) is 1.81. The van der Waals surface area contributed by atoms with Crippen LogP contribution < -0.4 is 15.0 Å². The van der Waals surface area contributed by atoms with Crippen molar-refractivity contribution < 1.29 is 14.3 Å². The van der Waals surface area contributed by atoms with Crippen LogP contribution in [0.25, 0.3) is 11.3 Å². The van der Waals surface area contributed by atoms with Crippen LogP contribution in [0.5, 0.6) is 5.75 Å². The maximum atomic E-state index is 13.4. The Hall–Kier alpha value is -4.10. The highest BCUT2D eigenvalue weighted by molar-refractivity contribution is 6.08.